The summed E-state index contributed by atoms with van der Waals surface area (Å²) in [5, 5.41) is 40.4. The fraction of sp³-hybridized carbons (Fsp3) is 0.500. The summed E-state index contributed by atoms with van der Waals surface area (Å²) in [5.41, 5.74) is 12.1. The van der Waals surface area contributed by atoms with Crippen LogP contribution in [0.3, 0.4) is 0 Å². The average Bonchev–Trinajstić information content (AvgIpc) is 3.80. The molecule has 0 radical (unpaired) electrons. The van der Waals surface area contributed by atoms with Crippen LogP contribution in [0.25, 0.3) is 22.3 Å². The molecule has 0 spiro atoms. The molecule has 10 atom stereocenters. The zero-order chi connectivity index (χ0) is 40.0. The first kappa shape index (κ1) is 53.9. The van der Waals surface area contributed by atoms with Crippen LogP contribution in [-0.4, -0.2) is 223 Å². The van der Waals surface area contributed by atoms with E-state index in [2.05, 4.69) is 47.6 Å². The normalized spacial score (nSPS) is 27.0. The Labute approximate surface area is 407 Å². The smallest absolute Gasteiger partial charge is 0.790 e. The van der Waals surface area contributed by atoms with Crippen LogP contribution in [0.2, 0.25) is 0 Å². The Morgan fingerprint density at radius 2 is 0.930 bits per heavy atom. The second kappa shape index (κ2) is 21.4. The van der Waals surface area contributed by atoms with E-state index < -0.39 is 93.6 Å². The van der Waals surface area contributed by atoms with Gasteiger partial charge in [0.1, 0.15) is 60.3 Å². The van der Waals surface area contributed by atoms with Gasteiger partial charge in [0, 0.05) is 0 Å². The van der Waals surface area contributed by atoms with Gasteiger partial charge in [-0.15, -0.1) is 0 Å². The van der Waals surface area contributed by atoms with Crippen LogP contribution >= 0.6 is 31.3 Å². The summed E-state index contributed by atoms with van der Waals surface area (Å²) in [6.45, 7) is -1.86. The van der Waals surface area contributed by atoms with Crippen LogP contribution in [0, 0.1) is 0 Å². The number of nitrogens with two attached hydrogens (primary N) is 2. The third kappa shape index (κ3) is 13.9. The van der Waals surface area contributed by atoms with E-state index in [9.17, 15) is 68.0 Å². The molecule has 30 nitrogen and oxygen atoms in total. The molecule has 37 heteroatoms. The van der Waals surface area contributed by atoms with E-state index >= 15 is 0 Å². The first-order valence-corrected chi connectivity index (χ1v) is 20.1. The summed E-state index contributed by atoms with van der Waals surface area (Å²) in [7, 11) is -22.7. The molecule has 2 fully saturated rings. The number of aromatic nitrogens is 8. The number of phosphoric acid groups is 4. The van der Waals surface area contributed by atoms with Crippen molar-refractivity contribution in [2.75, 3.05) is 24.7 Å². The third-order valence-corrected chi connectivity index (χ3v) is 11.3. The van der Waals surface area contributed by atoms with Crippen LogP contribution in [0.5, 0.6) is 0 Å². The van der Waals surface area contributed by atoms with Gasteiger partial charge in [0.2, 0.25) is 0 Å². The van der Waals surface area contributed by atoms with E-state index in [0.29, 0.717) is 0 Å². The number of phosphoric ester groups is 2. The predicted octanol–water partition coefficient (Wildman–Crippen LogP) is -8.43. The van der Waals surface area contributed by atoms with Gasteiger partial charge in [0.25, 0.3) is 15.6 Å². The van der Waals surface area contributed by atoms with Crippen LogP contribution in [0.15, 0.2) is 25.3 Å². The van der Waals surface area contributed by atoms with Gasteiger partial charge in [-0.05, 0) is 0 Å². The van der Waals surface area contributed by atoms with Crippen molar-refractivity contribution in [2.24, 2.45) is 0 Å². The second-order valence-corrected chi connectivity index (χ2v) is 16.2. The van der Waals surface area contributed by atoms with Gasteiger partial charge in [-0.1, -0.05) is 0 Å². The SMILES string of the molecule is Nc1ncnc2c1ncn2[C@@H]1O[C@H](COP(=O)([O-])OP(=O)([O-])[O-])[C@@H](O)[C@H]1O.Nc1ncnc2c1ncn2[C@@H]1O[C@H](COP(=O)([O-])OP(=O)([O-])[O-])[C@@H](O)[C@H]1O.[Ca+2].[Ca+2].[Ca+2]. The molecule has 6 rings (SSSR count). The first-order chi connectivity index (χ1) is 25.0. The molecule has 57 heavy (non-hydrogen) atoms. The number of aliphatic hydroxyl groups excluding tert-OH is 4. The molecule has 2 saturated heterocycles. The predicted molar refractivity (Wildman–Crippen MR) is 173 cm³/mol. The quantitative estimate of drug-likeness (QED) is 0.0567. The molecular weight excluding hydrogens is 944 g/mol. The first-order valence-electron chi connectivity index (χ1n) is 14.2. The molecule has 2 aliphatic heterocycles. The molecule has 8 N–H and O–H groups in total. The summed E-state index contributed by atoms with van der Waals surface area (Å²) < 4.78 is 71.5. The molecule has 6 heterocycles. The number of fused-ring (bicyclic) bond motifs is 2. The second-order valence-electron chi connectivity index (χ2n) is 10.8. The van der Waals surface area contributed by atoms with Crippen LogP contribution in [0.4, 0.5) is 11.6 Å². The van der Waals surface area contributed by atoms with E-state index in [1.54, 1.807) is 0 Å². The van der Waals surface area contributed by atoms with Gasteiger partial charge in [-0.3, -0.25) is 26.9 Å². The number of nitrogen functional groups attached to an aromatic ring is 2. The maximum Gasteiger partial charge on any atom is 2.00 e. The van der Waals surface area contributed by atoms with E-state index in [0.717, 1.165) is 12.7 Å². The number of imidazole rings is 2. The van der Waals surface area contributed by atoms with Crippen LogP contribution in [-0.2, 0) is 45.4 Å². The van der Waals surface area contributed by atoms with E-state index in [1.165, 1.54) is 21.8 Å². The summed E-state index contributed by atoms with van der Waals surface area (Å²) in [5.74, 6) is 0.131. The van der Waals surface area contributed by atoms with Gasteiger partial charge in [0.05, 0.1) is 41.5 Å². The molecular formula is C20H24Ca3N10O20P4. The van der Waals surface area contributed by atoms with Gasteiger partial charge >= 0.3 is 113 Å². The third-order valence-electron chi connectivity index (χ3n) is 7.19. The maximum absolute atomic E-state index is 11.3. The Morgan fingerprint density at radius 1 is 0.596 bits per heavy atom. The Kier molecular flexibility index (Phi) is 20.3. The molecule has 2 unspecified atom stereocenters. The van der Waals surface area contributed by atoms with E-state index in [-0.39, 0.29) is 147 Å². The zero-order valence-corrected chi connectivity index (χ0v) is 38.5. The number of ether oxygens (including phenoxy) is 2. The average molecular weight is 969 g/mol. The minimum Gasteiger partial charge on any atom is -0.790 e. The number of aliphatic hydroxyl groups is 4. The van der Waals surface area contributed by atoms with Crippen molar-refractivity contribution < 1.29 is 95.2 Å². The number of hydrogen-bond donors (Lipinski definition) is 6. The number of nitrogens with zero attached hydrogens (tertiary/aromatic N) is 8. The van der Waals surface area contributed by atoms with Crippen molar-refractivity contribution >= 4 is 178 Å². The van der Waals surface area contributed by atoms with E-state index in [4.69, 9.17) is 20.9 Å². The van der Waals surface area contributed by atoms with Crippen LogP contribution < -0.4 is 40.8 Å². The zero-order valence-electron chi connectivity index (χ0n) is 28.3. The largest absolute Gasteiger partial charge is 2.00 e. The molecule has 300 valence electrons. The Balaban J connectivity index is 0.000000374. The molecule has 0 amide bonds. The molecule has 0 bridgehead atoms. The summed E-state index contributed by atoms with van der Waals surface area (Å²) >= 11 is 0. The molecule has 0 aliphatic carbocycles. The minimum absolute atomic E-state index is 0. The van der Waals surface area contributed by atoms with Crippen molar-refractivity contribution in [3.8, 4) is 0 Å². The van der Waals surface area contributed by atoms with Crippen molar-refractivity contribution in [2.45, 2.75) is 49.1 Å². The maximum atomic E-state index is 11.3. The summed E-state index contributed by atoms with van der Waals surface area (Å²) in [6, 6.07) is 0. The topological polar surface area (TPSA) is 482 Å². The molecule has 4 aromatic rings. The molecule has 0 aromatic carbocycles. The summed E-state index contributed by atoms with van der Waals surface area (Å²) in [4.78, 5) is 87.3. The number of hydrogen-bond acceptors (Lipinski definition) is 28. The number of rotatable bonds is 12. The minimum atomic E-state index is -5.85. The van der Waals surface area contributed by atoms with Crippen molar-refractivity contribution in [1.82, 2.24) is 39.0 Å². The molecule has 4 aromatic heterocycles. The summed E-state index contributed by atoms with van der Waals surface area (Å²) in [6.07, 6.45) is -6.96. The van der Waals surface area contributed by atoms with Crippen LogP contribution in [0.1, 0.15) is 12.5 Å². The standard InChI is InChI=1S/2C10H15N5O10P2.3Ca/c2*11-8-5-9(13-2-12-8)15(3-14-5)10-7(17)6(16)4(24-10)1-23-27(21,22)25-26(18,19)20;;;/h2*2-4,6-7,10,16-17H,1H2,(H,21,22)(H2,11,12,13)(H2,18,19,20);;;/q;;3*+2/p-6/t2*4-,6-,7-,10-;;;/m11.../s1. The monoisotopic (exact) mass is 968 g/mol. The Morgan fingerprint density at radius 3 is 1.25 bits per heavy atom. The van der Waals surface area contributed by atoms with Gasteiger partial charge in [-0.25, -0.2) is 29.9 Å². The molecule has 0 saturated carbocycles. The Bertz CT molecular complexity index is 2030. The van der Waals surface area contributed by atoms with Gasteiger partial charge < -0.3 is 88.9 Å². The van der Waals surface area contributed by atoms with Crippen molar-refractivity contribution in [3.05, 3.63) is 25.3 Å². The van der Waals surface area contributed by atoms with E-state index in [1.807, 2.05) is 0 Å². The fourth-order valence-corrected chi connectivity index (χ4v) is 7.92. The Hall–Kier alpha value is 0.759. The van der Waals surface area contributed by atoms with Gasteiger partial charge in [0.15, 0.2) is 35.4 Å². The fourth-order valence-electron chi connectivity index (χ4n) is 4.93. The van der Waals surface area contributed by atoms with Gasteiger partial charge in [-0.2, -0.15) is 0 Å². The molecule has 2 aliphatic rings. The van der Waals surface area contributed by atoms with Crippen molar-refractivity contribution in [3.63, 3.8) is 0 Å². The van der Waals surface area contributed by atoms with Crippen molar-refractivity contribution in [1.29, 1.82) is 0 Å². The number of anilines is 2.